The highest BCUT2D eigenvalue weighted by molar-refractivity contribution is 6.03. The van der Waals surface area contributed by atoms with Crippen LogP contribution in [-0.4, -0.2) is 23.3 Å². The van der Waals surface area contributed by atoms with Crippen LogP contribution in [0, 0.1) is 11.7 Å². The molecule has 1 aliphatic rings. The average molecular weight is 299 g/mol. The molecule has 5 nitrogen and oxygen atoms in total. The molecule has 0 spiro atoms. The second-order valence-electron chi connectivity index (χ2n) is 5.11. The van der Waals surface area contributed by atoms with Gasteiger partial charge in [-0.25, -0.2) is 4.39 Å². The molecule has 1 atom stereocenters. The Bertz CT molecular complexity index is 688. The number of hydrogen-bond donors (Lipinski definition) is 1. The van der Waals surface area contributed by atoms with Gasteiger partial charge < -0.3 is 10.2 Å². The van der Waals surface area contributed by atoms with E-state index >= 15 is 0 Å². The van der Waals surface area contributed by atoms with Crippen molar-refractivity contribution in [3.05, 3.63) is 54.6 Å². The summed E-state index contributed by atoms with van der Waals surface area (Å²) in [6, 6.07) is 9.13. The van der Waals surface area contributed by atoms with E-state index in [2.05, 4.69) is 10.3 Å². The number of pyridine rings is 1. The zero-order valence-electron chi connectivity index (χ0n) is 11.7. The highest BCUT2D eigenvalue weighted by atomic mass is 19.1. The number of carbonyl (C=O) groups is 2. The van der Waals surface area contributed by atoms with Gasteiger partial charge in [-0.1, -0.05) is 0 Å². The Kier molecular flexibility index (Phi) is 3.82. The van der Waals surface area contributed by atoms with Crippen LogP contribution in [0.2, 0.25) is 0 Å². The van der Waals surface area contributed by atoms with Crippen LogP contribution in [0.15, 0.2) is 48.8 Å². The fourth-order valence-electron chi connectivity index (χ4n) is 2.43. The first-order valence-electron chi connectivity index (χ1n) is 6.90. The first-order valence-corrected chi connectivity index (χ1v) is 6.90. The summed E-state index contributed by atoms with van der Waals surface area (Å²) in [5.74, 6) is -1.15. The lowest BCUT2D eigenvalue weighted by molar-refractivity contribution is -0.122. The van der Waals surface area contributed by atoms with Crippen molar-refractivity contribution in [2.75, 3.05) is 16.8 Å². The van der Waals surface area contributed by atoms with Crippen LogP contribution in [0.1, 0.15) is 6.42 Å². The third-order valence-electron chi connectivity index (χ3n) is 3.56. The van der Waals surface area contributed by atoms with Gasteiger partial charge in [0.1, 0.15) is 5.82 Å². The number of benzene rings is 1. The van der Waals surface area contributed by atoms with E-state index in [1.807, 2.05) is 0 Å². The predicted octanol–water partition coefficient (Wildman–Crippen LogP) is 2.21. The van der Waals surface area contributed by atoms with Gasteiger partial charge in [-0.2, -0.15) is 0 Å². The van der Waals surface area contributed by atoms with E-state index in [1.54, 1.807) is 24.5 Å². The van der Waals surface area contributed by atoms with Crippen molar-refractivity contribution in [3.8, 4) is 0 Å². The molecule has 2 aromatic rings. The van der Waals surface area contributed by atoms with E-state index in [-0.39, 0.29) is 30.6 Å². The lowest BCUT2D eigenvalue weighted by Gasteiger charge is -2.16. The minimum absolute atomic E-state index is 0.141. The molecule has 0 aliphatic carbocycles. The molecule has 0 saturated carbocycles. The summed E-state index contributed by atoms with van der Waals surface area (Å²) in [4.78, 5) is 29.7. The van der Waals surface area contributed by atoms with E-state index in [1.165, 1.54) is 29.2 Å². The summed E-state index contributed by atoms with van der Waals surface area (Å²) in [6.07, 6.45) is 3.31. The molecule has 0 bridgehead atoms. The van der Waals surface area contributed by atoms with Gasteiger partial charge in [0, 0.05) is 24.8 Å². The normalized spacial score (nSPS) is 17.6. The van der Waals surface area contributed by atoms with Crippen molar-refractivity contribution in [2.45, 2.75) is 6.42 Å². The van der Waals surface area contributed by atoms with Crippen molar-refractivity contribution in [1.82, 2.24) is 4.98 Å². The molecule has 112 valence electrons. The zero-order valence-corrected chi connectivity index (χ0v) is 11.7. The van der Waals surface area contributed by atoms with Crippen LogP contribution in [-0.2, 0) is 9.59 Å². The van der Waals surface area contributed by atoms with Crippen LogP contribution in [0.25, 0.3) is 0 Å². The second kappa shape index (κ2) is 5.93. The van der Waals surface area contributed by atoms with E-state index in [0.29, 0.717) is 11.4 Å². The molecule has 1 fully saturated rings. The molecule has 1 aliphatic heterocycles. The standard InChI is InChI=1S/C16H14FN3O2/c17-12-3-5-14(6-4-12)20-10-11(8-15(20)21)16(22)19-13-2-1-7-18-9-13/h1-7,9,11H,8,10H2,(H,19,22)/t11-/m1/s1. The van der Waals surface area contributed by atoms with E-state index in [4.69, 9.17) is 0 Å². The summed E-state index contributed by atoms with van der Waals surface area (Å²) < 4.78 is 12.9. The Morgan fingerprint density at radius 2 is 2.05 bits per heavy atom. The van der Waals surface area contributed by atoms with E-state index < -0.39 is 5.92 Å². The number of rotatable bonds is 3. The molecule has 2 amide bonds. The van der Waals surface area contributed by atoms with Gasteiger partial charge in [0.25, 0.3) is 0 Å². The lowest BCUT2D eigenvalue weighted by Crippen LogP contribution is -2.28. The van der Waals surface area contributed by atoms with Gasteiger partial charge >= 0.3 is 0 Å². The van der Waals surface area contributed by atoms with E-state index in [0.717, 1.165) is 0 Å². The Morgan fingerprint density at radius 3 is 2.73 bits per heavy atom. The van der Waals surface area contributed by atoms with Crippen LogP contribution >= 0.6 is 0 Å². The van der Waals surface area contributed by atoms with Crippen molar-refractivity contribution in [1.29, 1.82) is 0 Å². The minimum Gasteiger partial charge on any atom is -0.324 e. The molecule has 1 saturated heterocycles. The summed E-state index contributed by atoms with van der Waals surface area (Å²) in [5, 5.41) is 2.75. The van der Waals surface area contributed by atoms with Crippen molar-refractivity contribution < 1.29 is 14.0 Å². The van der Waals surface area contributed by atoms with Crippen molar-refractivity contribution in [3.63, 3.8) is 0 Å². The number of aromatic nitrogens is 1. The van der Waals surface area contributed by atoms with Gasteiger partial charge in [0.05, 0.1) is 17.8 Å². The molecule has 3 rings (SSSR count). The Morgan fingerprint density at radius 1 is 1.27 bits per heavy atom. The van der Waals surface area contributed by atoms with Gasteiger partial charge in [-0.05, 0) is 36.4 Å². The number of carbonyl (C=O) groups excluding carboxylic acids is 2. The first-order chi connectivity index (χ1) is 10.6. The third kappa shape index (κ3) is 2.95. The van der Waals surface area contributed by atoms with Gasteiger partial charge in [-0.15, -0.1) is 0 Å². The largest absolute Gasteiger partial charge is 0.324 e. The number of nitrogens with one attached hydrogen (secondary N) is 1. The molecular formula is C16H14FN3O2. The number of halogens is 1. The van der Waals surface area contributed by atoms with Crippen LogP contribution in [0.4, 0.5) is 15.8 Å². The number of nitrogens with zero attached hydrogens (tertiary/aromatic N) is 2. The highest BCUT2D eigenvalue weighted by Gasteiger charge is 2.35. The molecule has 1 N–H and O–H groups in total. The topological polar surface area (TPSA) is 62.3 Å². The SMILES string of the molecule is O=C(Nc1cccnc1)[C@@H]1CC(=O)N(c2ccc(F)cc2)C1. The second-order valence-corrected chi connectivity index (χ2v) is 5.11. The van der Waals surface area contributed by atoms with Crippen LogP contribution in [0.5, 0.6) is 0 Å². The van der Waals surface area contributed by atoms with Gasteiger partial charge in [0.2, 0.25) is 11.8 Å². The predicted molar refractivity (Wildman–Crippen MR) is 79.7 cm³/mol. The van der Waals surface area contributed by atoms with Gasteiger partial charge in [-0.3, -0.25) is 14.6 Å². The molecule has 0 unspecified atom stereocenters. The average Bonchev–Trinajstić information content (AvgIpc) is 2.91. The first kappa shape index (κ1) is 14.2. The Balaban J connectivity index is 1.69. The number of hydrogen-bond acceptors (Lipinski definition) is 3. The van der Waals surface area contributed by atoms with Gasteiger partial charge in [0.15, 0.2) is 0 Å². The zero-order chi connectivity index (χ0) is 15.5. The molecule has 2 heterocycles. The Hall–Kier alpha value is -2.76. The molecule has 6 heteroatoms. The smallest absolute Gasteiger partial charge is 0.229 e. The maximum absolute atomic E-state index is 12.9. The highest BCUT2D eigenvalue weighted by Crippen LogP contribution is 2.26. The minimum atomic E-state index is -0.433. The summed E-state index contributed by atoms with van der Waals surface area (Å²) in [7, 11) is 0. The van der Waals surface area contributed by atoms with Crippen LogP contribution in [0.3, 0.4) is 0 Å². The summed E-state index contributed by atoms with van der Waals surface area (Å²) in [5.41, 5.74) is 1.20. The van der Waals surface area contributed by atoms with Crippen molar-refractivity contribution in [2.24, 2.45) is 5.92 Å². The molecule has 1 aromatic carbocycles. The van der Waals surface area contributed by atoms with Crippen LogP contribution < -0.4 is 10.2 Å². The fraction of sp³-hybridized carbons (Fsp3) is 0.188. The van der Waals surface area contributed by atoms with Crippen molar-refractivity contribution >= 4 is 23.2 Å². The summed E-state index contributed by atoms with van der Waals surface area (Å²) >= 11 is 0. The molecule has 0 radical (unpaired) electrons. The monoisotopic (exact) mass is 299 g/mol. The number of anilines is 2. The maximum atomic E-state index is 12.9. The van der Waals surface area contributed by atoms with E-state index in [9.17, 15) is 14.0 Å². The fourth-order valence-corrected chi connectivity index (χ4v) is 2.43. The third-order valence-corrected chi connectivity index (χ3v) is 3.56. The molecule has 1 aromatic heterocycles. The maximum Gasteiger partial charge on any atom is 0.229 e. The summed E-state index contributed by atoms with van der Waals surface area (Å²) in [6.45, 7) is 0.288. The Labute approximate surface area is 126 Å². The quantitative estimate of drug-likeness (QED) is 0.945. The lowest BCUT2D eigenvalue weighted by atomic mass is 10.1. The number of amides is 2. The molecular weight excluding hydrogens is 285 g/mol. The molecule has 22 heavy (non-hydrogen) atoms.